The van der Waals surface area contributed by atoms with Crippen LogP contribution in [0.1, 0.15) is 19.8 Å². The summed E-state index contributed by atoms with van der Waals surface area (Å²) in [7, 11) is -3.14. The van der Waals surface area contributed by atoms with Crippen LogP contribution in [-0.2, 0) is 14.6 Å². The van der Waals surface area contributed by atoms with E-state index >= 15 is 0 Å². The minimum Gasteiger partial charge on any atom is -0.299 e. The maximum Gasteiger partial charge on any atom is 0.175 e. The number of hydrogen-bond acceptors (Lipinski definition) is 4. The van der Waals surface area contributed by atoms with Crippen LogP contribution in [0.15, 0.2) is 34.1 Å². The molecule has 1 aromatic carbocycles. The summed E-state index contributed by atoms with van der Waals surface area (Å²) in [6.45, 7) is 1.98. The molecule has 0 aliphatic rings. The largest absolute Gasteiger partial charge is 0.299 e. The summed E-state index contributed by atoms with van der Waals surface area (Å²) in [6, 6.07) is 6.62. The van der Waals surface area contributed by atoms with Crippen molar-refractivity contribution >= 4 is 27.4 Å². The van der Waals surface area contributed by atoms with Gasteiger partial charge in [0.2, 0.25) is 0 Å². The minimum atomic E-state index is -3.14. The average molecular weight is 272 g/mol. The van der Waals surface area contributed by atoms with E-state index in [-0.39, 0.29) is 5.78 Å². The Morgan fingerprint density at radius 3 is 2.29 bits per heavy atom. The van der Waals surface area contributed by atoms with Crippen molar-refractivity contribution in [3.05, 3.63) is 24.3 Å². The lowest BCUT2D eigenvalue weighted by molar-refractivity contribution is -0.116. The lowest BCUT2D eigenvalue weighted by Gasteiger charge is -2.02. The molecule has 0 spiro atoms. The van der Waals surface area contributed by atoms with Gasteiger partial charge in [-0.3, -0.25) is 4.79 Å². The van der Waals surface area contributed by atoms with Gasteiger partial charge in [-0.2, -0.15) is 0 Å². The fourth-order valence-electron chi connectivity index (χ4n) is 1.30. The van der Waals surface area contributed by atoms with E-state index in [9.17, 15) is 13.2 Å². The molecule has 0 saturated heterocycles. The summed E-state index contributed by atoms with van der Waals surface area (Å²) in [5.74, 6) is 0.677. The molecule has 0 aromatic heterocycles. The predicted molar refractivity (Wildman–Crippen MR) is 70.2 cm³/mol. The lowest BCUT2D eigenvalue weighted by Crippen LogP contribution is -2.00. The number of hydrogen-bond donors (Lipinski definition) is 0. The summed E-state index contributed by atoms with van der Waals surface area (Å²) in [4.78, 5) is 12.6. The second kappa shape index (κ2) is 6.21. The highest BCUT2D eigenvalue weighted by molar-refractivity contribution is 8.00. The van der Waals surface area contributed by atoms with Gasteiger partial charge in [0, 0.05) is 17.6 Å². The fourth-order valence-corrected chi connectivity index (χ4v) is 2.73. The zero-order chi connectivity index (χ0) is 12.9. The predicted octanol–water partition coefficient (Wildman–Crippen LogP) is 2.55. The smallest absolute Gasteiger partial charge is 0.175 e. The van der Waals surface area contributed by atoms with Crippen molar-refractivity contribution < 1.29 is 13.2 Å². The van der Waals surface area contributed by atoms with E-state index < -0.39 is 9.84 Å². The number of Topliss-reactive ketones (excluding diaryl/α,β-unsaturated/α-hetero) is 1. The Balaban J connectivity index is 2.60. The van der Waals surface area contributed by atoms with Gasteiger partial charge in [0.05, 0.1) is 10.6 Å². The third kappa shape index (κ3) is 4.91. The highest BCUT2D eigenvalue weighted by Gasteiger charge is 2.07. The third-order valence-corrected chi connectivity index (χ3v) is 4.38. The van der Waals surface area contributed by atoms with Crippen molar-refractivity contribution in [2.45, 2.75) is 29.6 Å². The Morgan fingerprint density at radius 2 is 1.82 bits per heavy atom. The average Bonchev–Trinajstić information content (AvgIpc) is 2.26. The number of benzene rings is 1. The normalized spacial score (nSPS) is 11.4. The van der Waals surface area contributed by atoms with E-state index in [1.54, 1.807) is 24.3 Å². The van der Waals surface area contributed by atoms with E-state index in [1.165, 1.54) is 18.0 Å². The molecule has 17 heavy (non-hydrogen) atoms. The Hall–Kier alpha value is -0.810. The van der Waals surface area contributed by atoms with Crippen LogP contribution in [0.5, 0.6) is 0 Å². The molecule has 0 aliphatic carbocycles. The summed E-state index contributed by atoms with van der Waals surface area (Å²) in [5, 5.41) is 0. The van der Waals surface area contributed by atoms with Gasteiger partial charge in [-0.15, -0.1) is 11.8 Å². The van der Waals surface area contributed by atoms with Crippen LogP contribution in [0.25, 0.3) is 0 Å². The molecule has 3 nitrogen and oxygen atoms in total. The number of ketones is 1. The van der Waals surface area contributed by atoms with E-state index in [4.69, 9.17) is 0 Å². The van der Waals surface area contributed by atoms with E-state index in [0.717, 1.165) is 11.3 Å². The zero-order valence-corrected chi connectivity index (χ0v) is 11.6. The fraction of sp³-hybridized carbons (Fsp3) is 0.417. The standard InChI is InChI=1S/C12H16O3S2/c1-3-4-10(13)9-16-11-5-7-12(8-6-11)17(2,14)15/h5-8H,3-4,9H2,1-2H3. The van der Waals surface area contributed by atoms with Crippen LogP contribution in [0.2, 0.25) is 0 Å². The Morgan fingerprint density at radius 1 is 1.24 bits per heavy atom. The van der Waals surface area contributed by atoms with Crippen LogP contribution >= 0.6 is 11.8 Å². The van der Waals surface area contributed by atoms with Crippen molar-refractivity contribution in [1.82, 2.24) is 0 Å². The van der Waals surface area contributed by atoms with Crippen LogP contribution in [0, 0.1) is 0 Å². The first-order chi connectivity index (χ1) is 7.93. The first kappa shape index (κ1) is 14.3. The van der Waals surface area contributed by atoms with Crippen LogP contribution in [0.4, 0.5) is 0 Å². The number of sulfone groups is 1. The number of carbonyl (C=O) groups is 1. The molecular weight excluding hydrogens is 256 g/mol. The number of thioether (sulfide) groups is 1. The molecule has 0 bridgehead atoms. The van der Waals surface area contributed by atoms with Gasteiger partial charge in [-0.05, 0) is 30.7 Å². The molecular formula is C12H16O3S2. The summed E-state index contributed by atoms with van der Waals surface area (Å²) in [6.07, 6.45) is 2.65. The molecule has 0 saturated carbocycles. The number of rotatable bonds is 6. The highest BCUT2D eigenvalue weighted by Crippen LogP contribution is 2.20. The topological polar surface area (TPSA) is 51.2 Å². The van der Waals surface area contributed by atoms with Crippen molar-refractivity contribution in [3.63, 3.8) is 0 Å². The number of carbonyl (C=O) groups excluding carboxylic acids is 1. The monoisotopic (exact) mass is 272 g/mol. The van der Waals surface area contributed by atoms with E-state index in [1.807, 2.05) is 6.92 Å². The molecule has 0 amide bonds. The van der Waals surface area contributed by atoms with Gasteiger partial charge in [0.1, 0.15) is 5.78 Å². The molecule has 94 valence electrons. The molecule has 0 atom stereocenters. The van der Waals surface area contributed by atoms with Crippen molar-refractivity contribution in [2.24, 2.45) is 0 Å². The van der Waals surface area contributed by atoms with Gasteiger partial charge in [0.15, 0.2) is 9.84 Å². The molecule has 0 aliphatic heterocycles. The first-order valence-electron chi connectivity index (χ1n) is 5.38. The van der Waals surface area contributed by atoms with E-state index in [0.29, 0.717) is 17.1 Å². The highest BCUT2D eigenvalue weighted by atomic mass is 32.2. The van der Waals surface area contributed by atoms with Gasteiger partial charge in [0.25, 0.3) is 0 Å². The molecule has 1 aromatic rings. The maximum absolute atomic E-state index is 11.3. The molecule has 0 heterocycles. The Kier molecular flexibility index (Phi) is 5.21. The quantitative estimate of drug-likeness (QED) is 0.747. The van der Waals surface area contributed by atoms with Gasteiger partial charge >= 0.3 is 0 Å². The minimum absolute atomic E-state index is 0.227. The van der Waals surface area contributed by atoms with E-state index in [2.05, 4.69) is 0 Å². The Bertz CT molecular complexity index is 475. The van der Waals surface area contributed by atoms with Crippen LogP contribution in [-0.4, -0.2) is 26.2 Å². The molecule has 1 rings (SSSR count). The van der Waals surface area contributed by atoms with Crippen LogP contribution in [0.3, 0.4) is 0 Å². The van der Waals surface area contributed by atoms with Crippen LogP contribution < -0.4 is 0 Å². The molecule has 0 N–H and O–H groups in total. The molecule has 0 radical (unpaired) electrons. The molecule has 0 fully saturated rings. The first-order valence-corrected chi connectivity index (χ1v) is 8.26. The second-order valence-electron chi connectivity index (χ2n) is 3.82. The van der Waals surface area contributed by atoms with Crippen molar-refractivity contribution in [1.29, 1.82) is 0 Å². The molecule has 5 heteroatoms. The van der Waals surface area contributed by atoms with Gasteiger partial charge < -0.3 is 0 Å². The summed E-state index contributed by atoms with van der Waals surface area (Å²) < 4.78 is 22.5. The zero-order valence-electron chi connectivity index (χ0n) is 9.97. The third-order valence-electron chi connectivity index (χ3n) is 2.18. The Labute approximate surface area is 107 Å². The van der Waals surface area contributed by atoms with Crippen molar-refractivity contribution in [2.75, 3.05) is 12.0 Å². The lowest BCUT2D eigenvalue weighted by atomic mass is 10.3. The second-order valence-corrected chi connectivity index (χ2v) is 6.89. The summed E-state index contributed by atoms with van der Waals surface area (Å²) >= 11 is 1.44. The van der Waals surface area contributed by atoms with Crippen molar-refractivity contribution in [3.8, 4) is 0 Å². The molecule has 0 unspecified atom stereocenters. The van der Waals surface area contributed by atoms with Gasteiger partial charge in [-0.25, -0.2) is 8.42 Å². The summed E-state index contributed by atoms with van der Waals surface area (Å²) in [5.41, 5.74) is 0. The van der Waals surface area contributed by atoms with Gasteiger partial charge in [-0.1, -0.05) is 6.92 Å². The maximum atomic E-state index is 11.3. The SMILES string of the molecule is CCCC(=O)CSc1ccc(S(C)(=O)=O)cc1.